The molecule has 0 amide bonds. The van der Waals surface area contributed by atoms with Crippen molar-refractivity contribution in [3.05, 3.63) is 40.4 Å². The van der Waals surface area contributed by atoms with Gasteiger partial charge in [0.2, 0.25) is 5.13 Å². The maximum atomic E-state index is 4.23. The number of aromatic nitrogens is 2. The molecule has 0 N–H and O–H groups in total. The molecular weight excluding hydrogens is 280 g/mol. The van der Waals surface area contributed by atoms with Crippen molar-refractivity contribution >= 4 is 16.5 Å². The van der Waals surface area contributed by atoms with Gasteiger partial charge in [0.25, 0.3) is 0 Å². The SMILES string of the molecule is Cc1nnc(N(C)Cc2ccccc2CN2CCCC2)s1. The van der Waals surface area contributed by atoms with Gasteiger partial charge in [-0.3, -0.25) is 4.90 Å². The summed E-state index contributed by atoms with van der Waals surface area (Å²) >= 11 is 1.65. The van der Waals surface area contributed by atoms with Gasteiger partial charge in [-0.25, -0.2) is 0 Å². The molecule has 0 atom stereocenters. The molecule has 0 bridgehead atoms. The molecule has 1 aromatic carbocycles. The fourth-order valence-corrected chi connectivity index (χ4v) is 3.46. The molecule has 21 heavy (non-hydrogen) atoms. The zero-order valence-electron chi connectivity index (χ0n) is 12.7. The Morgan fingerprint density at radius 2 is 1.86 bits per heavy atom. The largest absolute Gasteiger partial charge is 0.345 e. The third kappa shape index (κ3) is 3.60. The number of rotatable bonds is 5. The molecule has 5 heteroatoms. The summed E-state index contributed by atoms with van der Waals surface area (Å²) in [6.45, 7) is 6.42. The summed E-state index contributed by atoms with van der Waals surface area (Å²) in [7, 11) is 2.09. The Labute approximate surface area is 130 Å². The molecule has 2 aromatic rings. The van der Waals surface area contributed by atoms with Gasteiger partial charge < -0.3 is 4.90 Å². The molecule has 1 saturated heterocycles. The van der Waals surface area contributed by atoms with E-state index in [2.05, 4.69) is 51.3 Å². The molecular formula is C16H22N4S. The number of hydrogen-bond acceptors (Lipinski definition) is 5. The molecule has 3 rings (SSSR count). The van der Waals surface area contributed by atoms with Crippen molar-refractivity contribution in [2.45, 2.75) is 32.9 Å². The van der Waals surface area contributed by atoms with Crippen molar-refractivity contribution in [3.63, 3.8) is 0 Å². The lowest BCUT2D eigenvalue weighted by molar-refractivity contribution is 0.330. The van der Waals surface area contributed by atoms with E-state index in [0.29, 0.717) is 0 Å². The van der Waals surface area contributed by atoms with E-state index in [4.69, 9.17) is 0 Å². The Kier molecular flexibility index (Phi) is 4.51. The lowest BCUT2D eigenvalue weighted by Gasteiger charge is -2.21. The highest BCUT2D eigenvalue weighted by molar-refractivity contribution is 7.15. The summed E-state index contributed by atoms with van der Waals surface area (Å²) < 4.78 is 0. The normalized spacial score (nSPS) is 15.5. The van der Waals surface area contributed by atoms with Crippen molar-refractivity contribution in [3.8, 4) is 0 Å². The van der Waals surface area contributed by atoms with Crippen LogP contribution in [0.1, 0.15) is 29.0 Å². The quantitative estimate of drug-likeness (QED) is 0.849. The second-order valence-corrected chi connectivity index (χ2v) is 6.87. The molecule has 0 spiro atoms. The van der Waals surface area contributed by atoms with Gasteiger partial charge in [-0.15, -0.1) is 10.2 Å². The van der Waals surface area contributed by atoms with E-state index in [9.17, 15) is 0 Å². The smallest absolute Gasteiger partial charge is 0.208 e. The van der Waals surface area contributed by atoms with Crippen LogP contribution in [0.3, 0.4) is 0 Å². The van der Waals surface area contributed by atoms with Crippen LogP contribution in [0, 0.1) is 6.92 Å². The maximum absolute atomic E-state index is 4.23. The molecule has 1 aliphatic rings. The first kappa shape index (κ1) is 14.5. The molecule has 1 aliphatic heterocycles. The van der Waals surface area contributed by atoms with E-state index < -0.39 is 0 Å². The van der Waals surface area contributed by atoms with Gasteiger partial charge in [0.05, 0.1) is 0 Å². The zero-order chi connectivity index (χ0) is 14.7. The predicted molar refractivity (Wildman–Crippen MR) is 87.7 cm³/mol. The monoisotopic (exact) mass is 302 g/mol. The fraction of sp³-hybridized carbons (Fsp3) is 0.500. The highest BCUT2D eigenvalue weighted by Crippen LogP contribution is 2.22. The molecule has 0 radical (unpaired) electrons. The molecule has 2 heterocycles. The summed E-state index contributed by atoms with van der Waals surface area (Å²) in [5, 5.41) is 10.3. The van der Waals surface area contributed by atoms with Gasteiger partial charge in [-0.05, 0) is 44.0 Å². The fourth-order valence-electron chi connectivity index (χ4n) is 2.81. The third-order valence-electron chi connectivity index (χ3n) is 3.96. The second kappa shape index (κ2) is 6.54. The van der Waals surface area contributed by atoms with Crippen molar-refractivity contribution in [1.29, 1.82) is 0 Å². The summed E-state index contributed by atoms with van der Waals surface area (Å²) in [6, 6.07) is 8.76. The average molecular weight is 302 g/mol. The Morgan fingerprint density at radius 1 is 1.14 bits per heavy atom. The van der Waals surface area contributed by atoms with Crippen LogP contribution < -0.4 is 4.90 Å². The summed E-state index contributed by atoms with van der Waals surface area (Å²) in [5.41, 5.74) is 2.83. The lowest BCUT2D eigenvalue weighted by Crippen LogP contribution is -2.22. The Balaban J connectivity index is 1.72. The summed E-state index contributed by atoms with van der Waals surface area (Å²) in [6.07, 6.45) is 2.68. The average Bonchev–Trinajstić information content (AvgIpc) is 3.12. The Hall–Kier alpha value is -1.46. The van der Waals surface area contributed by atoms with Gasteiger partial charge in [0, 0.05) is 20.1 Å². The molecule has 0 unspecified atom stereocenters. The van der Waals surface area contributed by atoms with Gasteiger partial charge in [-0.1, -0.05) is 35.6 Å². The van der Waals surface area contributed by atoms with Crippen LogP contribution in [0.4, 0.5) is 5.13 Å². The van der Waals surface area contributed by atoms with Gasteiger partial charge in [0.15, 0.2) is 0 Å². The standard InChI is InChI=1S/C16H22N4S/c1-13-17-18-16(21-13)19(2)11-14-7-3-4-8-15(14)12-20-9-5-6-10-20/h3-4,7-8H,5-6,9-12H2,1-2H3. The Bertz CT molecular complexity index is 589. The maximum Gasteiger partial charge on any atom is 0.208 e. The molecule has 112 valence electrons. The van der Waals surface area contributed by atoms with Gasteiger partial charge >= 0.3 is 0 Å². The number of anilines is 1. The summed E-state index contributed by atoms with van der Waals surface area (Å²) in [5.74, 6) is 0. The van der Waals surface area contributed by atoms with Crippen LogP contribution in [-0.2, 0) is 13.1 Å². The van der Waals surface area contributed by atoms with Crippen molar-refractivity contribution < 1.29 is 0 Å². The Morgan fingerprint density at radius 3 is 2.52 bits per heavy atom. The van der Waals surface area contributed by atoms with E-state index in [1.165, 1.54) is 37.1 Å². The number of benzene rings is 1. The number of nitrogens with zero attached hydrogens (tertiary/aromatic N) is 4. The predicted octanol–water partition coefficient (Wildman–Crippen LogP) is 3.08. The number of aryl methyl sites for hydroxylation is 1. The van der Waals surface area contributed by atoms with E-state index in [1.807, 2.05) is 6.92 Å². The molecule has 0 aliphatic carbocycles. The van der Waals surface area contributed by atoms with Crippen molar-refractivity contribution in [2.24, 2.45) is 0 Å². The van der Waals surface area contributed by atoms with Crippen LogP contribution >= 0.6 is 11.3 Å². The minimum atomic E-state index is 0.888. The lowest BCUT2D eigenvalue weighted by atomic mass is 10.1. The minimum Gasteiger partial charge on any atom is -0.345 e. The zero-order valence-corrected chi connectivity index (χ0v) is 13.6. The molecule has 0 saturated carbocycles. The van der Waals surface area contributed by atoms with Crippen LogP contribution in [-0.4, -0.2) is 35.2 Å². The first-order valence-corrected chi connectivity index (χ1v) is 8.34. The molecule has 1 aromatic heterocycles. The van der Waals surface area contributed by atoms with Crippen molar-refractivity contribution in [2.75, 3.05) is 25.0 Å². The van der Waals surface area contributed by atoms with E-state index in [1.54, 1.807) is 11.3 Å². The highest BCUT2D eigenvalue weighted by atomic mass is 32.1. The van der Waals surface area contributed by atoms with E-state index in [0.717, 1.165) is 23.2 Å². The van der Waals surface area contributed by atoms with Gasteiger partial charge in [-0.2, -0.15) is 0 Å². The summed E-state index contributed by atoms with van der Waals surface area (Å²) in [4.78, 5) is 4.74. The highest BCUT2D eigenvalue weighted by Gasteiger charge is 2.15. The van der Waals surface area contributed by atoms with Crippen LogP contribution in [0.25, 0.3) is 0 Å². The van der Waals surface area contributed by atoms with E-state index >= 15 is 0 Å². The van der Waals surface area contributed by atoms with Crippen LogP contribution in [0.5, 0.6) is 0 Å². The minimum absolute atomic E-state index is 0.888. The topological polar surface area (TPSA) is 32.3 Å². The molecule has 1 fully saturated rings. The molecule has 4 nitrogen and oxygen atoms in total. The first-order valence-electron chi connectivity index (χ1n) is 7.53. The first-order chi connectivity index (χ1) is 10.2. The van der Waals surface area contributed by atoms with Crippen LogP contribution in [0.2, 0.25) is 0 Å². The van der Waals surface area contributed by atoms with Gasteiger partial charge in [0.1, 0.15) is 5.01 Å². The van der Waals surface area contributed by atoms with Crippen LogP contribution in [0.15, 0.2) is 24.3 Å². The van der Waals surface area contributed by atoms with Crippen molar-refractivity contribution in [1.82, 2.24) is 15.1 Å². The number of likely N-dealkylation sites (tertiary alicyclic amines) is 1. The number of hydrogen-bond donors (Lipinski definition) is 0. The van der Waals surface area contributed by atoms with E-state index in [-0.39, 0.29) is 0 Å². The third-order valence-corrected chi connectivity index (χ3v) is 4.91. The second-order valence-electron chi connectivity index (χ2n) is 5.71.